The molecule has 0 bridgehead atoms. The van der Waals surface area contributed by atoms with Crippen molar-refractivity contribution in [3.05, 3.63) is 71.8 Å². The number of hydrogen-bond acceptors (Lipinski definition) is 4. The maximum absolute atomic E-state index is 9.99. The summed E-state index contributed by atoms with van der Waals surface area (Å²) in [6.07, 6.45) is -0.952. The molecule has 0 fully saturated rings. The maximum atomic E-state index is 9.99. The fraction of sp³-hybridized carbons (Fsp3) is 0.200. The van der Waals surface area contributed by atoms with Crippen LogP contribution in [0.5, 0.6) is 0 Å². The molecule has 1 radical (unpaired) electrons. The largest absolute Gasteiger partial charge is 2.00 e. The van der Waals surface area contributed by atoms with Crippen LogP contribution in [0.2, 0.25) is 0 Å². The Morgan fingerprint density at radius 2 is 0.950 bits per heavy atom. The average molecular weight is 358 g/mol. The molecule has 0 aliphatic heterocycles. The Morgan fingerprint density at radius 1 is 0.650 bits per heavy atom. The number of hydrogen-bond donors (Lipinski definition) is 2. The van der Waals surface area contributed by atoms with Crippen LogP contribution in [0.25, 0.3) is 0 Å². The summed E-state index contributed by atoms with van der Waals surface area (Å²) < 4.78 is 0. The van der Waals surface area contributed by atoms with Crippen molar-refractivity contribution >= 4 is 27.0 Å². The molecule has 2 atom stereocenters. The molecule has 0 spiro atoms. The molecule has 2 aromatic rings. The molecular formula is C15H18CuO2S2. The first-order valence-electron chi connectivity index (χ1n) is 5.73. The van der Waals surface area contributed by atoms with E-state index >= 15 is 0 Å². The van der Waals surface area contributed by atoms with E-state index in [9.17, 15) is 10.2 Å². The minimum atomic E-state index is -0.633. The SMILES string of the molecule is OC(CC(O)c1ccccc1)c1ccccc1.[Cu+2].[SH-].[SH-]. The first kappa shape index (κ1) is 21.9. The van der Waals surface area contributed by atoms with Crippen molar-refractivity contribution in [2.45, 2.75) is 18.6 Å². The first-order valence-corrected chi connectivity index (χ1v) is 5.73. The Morgan fingerprint density at radius 3 is 1.25 bits per heavy atom. The van der Waals surface area contributed by atoms with Crippen LogP contribution in [-0.2, 0) is 44.1 Å². The van der Waals surface area contributed by atoms with E-state index in [2.05, 4.69) is 0 Å². The van der Waals surface area contributed by atoms with Crippen LogP contribution in [0, 0.1) is 0 Å². The van der Waals surface area contributed by atoms with Crippen LogP contribution in [0.1, 0.15) is 29.8 Å². The Balaban J connectivity index is 0. The molecule has 2 nitrogen and oxygen atoms in total. The minimum Gasteiger partial charge on any atom is -0.813 e. The van der Waals surface area contributed by atoms with Gasteiger partial charge in [-0.25, -0.2) is 0 Å². The van der Waals surface area contributed by atoms with Crippen LogP contribution < -0.4 is 0 Å². The Kier molecular flexibility index (Phi) is 12.3. The van der Waals surface area contributed by atoms with E-state index in [1.807, 2.05) is 60.7 Å². The number of benzene rings is 2. The van der Waals surface area contributed by atoms with Gasteiger partial charge >= 0.3 is 17.1 Å². The van der Waals surface area contributed by atoms with E-state index in [4.69, 9.17) is 0 Å². The molecule has 2 aromatic carbocycles. The zero-order valence-corrected chi connectivity index (χ0v) is 13.5. The molecule has 0 aromatic heterocycles. The Bertz CT molecular complexity index is 410. The molecule has 0 amide bonds. The van der Waals surface area contributed by atoms with Crippen molar-refractivity contribution in [2.24, 2.45) is 0 Å². The third-order valence-corrected chi connectivity index (χ3v) is 2.82. The van der Waals surface area contributed by atoms with Crippen LogP contribution in [-0.4, -0.2) is 10.2 Å². The fourth-order valence-corrected chi connectivity index (χ4v) is 1.83. The first-order chi connectivity index (χ1) is 8.27. The minimum absolute atomic E-state index is 0. The molecule has 113 valence electrons. The number of thiol groups is 2. The van der Waals surface area contributed by atoms with Gasteiger partial charge in [-0.1, -0.05) is 60.7 Å². The summed E-state index contributed by atoms with van der Waals surface area (Å²) in [6.45, 7) is 0. The molecule has 2 unspecified atom stereocenters. The molecule has 0 aliphatic carbocycles. The van der Waals surface area contributed by atoms with Crippen LogP contribution in [0.15, 0.2) is 60.7 Å². The van der Waals surface area contributed by atoms with Gasteiger partial charge in [0.15, 0.2) is 0 Å². The van der Waals surface area contributed by atoms with Gasteiger partial charge in [-0.3, -0.25) is 0 Å². The van der Waals surface area contributed by atoms with Gasteiger partial charge in [-0.2, -0.15) is 0 Å². The Hall–Kier alpha value is -0.421. The van der Waals surface area contributed by atoms with Gasteiger partial charge in [0.05, 0.1) is 12.2 Å². The van der Waals surface area contributed by atoms with E-state index < -0.39 is 12.2 Å². The predicted molar refractivity (Wildman–Crippen MR) is 84.9 cm³/mol. The number of aliphatic hydroxyl groups excluding tert-OH is 2. The quantitative estimate of drug-likeness (QED) is 0.500. The Labute approximate surface area is 144 Å². The molecule has 0 aliphatic rings. The third-order valence-electron chi connectivity index (χ3n) is 2.82. The van der Waals surface area contributed by atoms with Crippen molar-refractivity contribution in [2.75, 3.05) is 0 Å². The number of rotatable bonds is 4. The molecule has 0 saturated carbocycles. The van der Waals surface area contributed by atoms with Crippen molar-refractivity contribution in [1.82, 2.24) is 0 Å². The summed E-state index contributed by atoms with van der Waals surface area (Å²) in [5, 5.41) is 20.0. The molecule has 0 heterocycles. The summed E-state index contributed by atoms with van der Waals surface area (Å²) in [5.74, 6) is 0. The topological polar surface area (TPSA) is 40.5 Å². The fourth-order valence-electron chi connectivity index (χ4n) is 1.83. The second-order valence-corrected chi connectivity index (χ2v) is 4.09. The van der Waals surface area contributed by atoms with E-state index in [1.54, 1.807) is 0 Å². The zero-order valence-electron chi connectivity index (χ0n) is 10.7. The standard InChI is InChI=1S/C15H16O2.Cu.2H2S/c16-14(12-7-3-1-4-8-12)11-15(17)13-9-5-2-6-10-13;;;/h1-10,14-17H,11H2;;2*1H2/q;+2;;/p-2. The van der Waals surface area contributed by atoms with Gasteiger partial charge < -0.3 is 37.2 Å². The van der Waals surface area contributed by atoms with Crippen molar-refractivity contribution in [3.8, 4) is 0 Å². The van der Waals surface area contributed by atoms with E-state index in [0.717, 1.165) is 11.1 Å². The van der Waals surface area contributed by atoms with Gasteiger partial charge in [0.2, 0.25) is 0 Å². The monoisotopic (exact) mass is 357 g/mol. The van der Waals surface area contributed by atoms with Crippen molar-refractivity contribution < 1.29 is 27.3 Å². The predicted octanol–water partition coefficient (Wildman–Crippen LogP) is 2.30. The van der Waals surface area contributed by atoms with E-state index in [1.165, 1.54) is 0 Å². The smallest absolute Gasteiger partial charge is 0.813 e. The second-order valence-electron chi connectivity index (χ2n) is 4.09. The molecule has 0 saturated heterocycles. The summed E-state index contributed by atoms with van der Waals surface area (Å²) in [4.78, 5) is 0. The van der Waals surface area contributed by atoms with Gasteiger partial charge in [-0.15, -0.1) is 0 Å². The second kappa shape index (κ2) is 11.3. The average Bonchev–Trinajstić information content (AvgIpc) is 2.40. The van der Waals surface area contributed by atoms with Crippen LogP contribution in [0.3, 0.4) is 0 Å². The molecule has 2 N–H and O–H groups in total. The van der Waals surface area contributed by atoms with Crippen molar-refractivity contribution in [3.63, 3.8) is 0 Å². The van der Waals surface area contributed by atoms with E-state index in [0.29, 0.717) is 6.42 Å². The van der Waals surface area contributed by atoms with Crippen LogP contribution >= 0.6 is 0 Å². The van der Waals surface area contributed by atoms with Gasteiger partial charge in [-0.05, 0) is 11.1 Å². The van der Waals surface area contributed by atoms with Gasteiger partial charge in [0, 0.05) is 6.42 Å². The summed E-state index contributed by atoms with van der Waals surface area (Å²) >= 11 is 0. The van der Waals surface area contributed by atoms with Gasteiger partial charge in [0.25, 0.3) is 0 Å². The molecule has 20 heavy (non-hydrogen) atoms. The summed E-state index contributed by atoms with van der Waals surface area (Å²) in [5.41, 5.74) is 1.67. The third kappa shape index (κ3) is 6.35. The van der Waals surface area contributed by atoms with E-state index in [-0.39, 0.29) is 44.1 Å². The van der Waals surface area contributed by atoms with Crippen LogP contribution in [0.4, 0.5) is 0 Å². The molecular weight excluding hydrogens is 340 g/mol. The summed E-state index contributed by atoms with van der Waals surface area (Å²) in [7, 11) is 0. The van der Waals surface area contributed by atoms with Gasteiger partial charge in [0.1, 0.15) is 0 Å². The number of aliphatic hydroxyl groups is 2. The molecule has 2 rings (SSSR count). The summed E-state index contributed by atoms with van der Waals surface area (Å²) in [6, 6.07) is 18.8. The maximum Gasteiger partial charge on any atom is 2.00 e. The normalized spacial score (nSPS) is 12.1. The zero-order chi connectivity index (χ0) is 12.1. The molecule has 5 heteroatoms. The van der Waals surface area contributed by atoms with Crippen molar-refractivity contribution in [1.29, 1.82) is 0 Å².